The van der Waals surface area contributed by atoms with Gasteiger partial charge in [0.15, 0.2) is 17.5 Å². The van der Waals surface area contributed by atoms with Crippen LogP contribution in [0.4, 0.5) is 0 Å². The number of aromatic nitrogens is 4. The summed E-state index contributed by atoms with van der Waals surface area (Å²) in [5.74, 6) is 1.88. The molecule has 0 unspecified atom stereocenters. The summed E-state index contributed by atoms with van der Waals surface area (Å²) in [7, 11) is 0. The summed E-state index contributed by atoms with van der Waals surface area (Å²) in [5.41, 5.74) is 9.48. The summed E-state index contributed by atoms with van der Waals surface area (Å²) in [6.45, 7) is 0. The molecule has 0 aliphatic heterocycles. The number of benzene rings is 5. The molecule has 0 aliphatic carbocycles. The summed E-state index contributed by atoms with van der Waals surface area (Å²) in [6, 6.07) is 47.6. The van der Waals surface area contributed by atoms with E-state index in [0.717, 1.165) is 49.0 Å². The second kappa shape index (κ2) is 11.9. The van der Waals surface area contributed by atoms with Crippen LogP contribution >= 0.6 is 15.9 Å². The summed E-state index contributed by atoms with van der Waals surface area (Å²) in [4.78, 5) is 19.1. The van der Waals surface area contributed by atoms with Crippen molar-refractivity contribution in [3.63, 3.8) is 0 Å². The molecule has 0 saturated heterocycles. The third kappa shape index (κ3) is 5.89. The Kier molecular flexibility index (Phi) is 7.38. The standard InChI is InChI=1S/C38H25BrN4/c39-35-23-33(29-15-13-28(14-16-29)32-12-7-21-40-25-32)22-34(24-35)38-42-36(30-10-5-2-6-11-30)41-37(43-38)31-19-17-27(18-20-31)26-8-3-1-4-9-26/h1-25H. The van der Waals surface area contributed by atoms with E-state index in [1.54, 1.807) is 6.20 Å². The highest BCUT2D eigenvalue weighted by molar-refractivity contribution is 9.10. The largest absolute Gasteiger partial charge is 0.264 e. The highest BCUT2D eigenvalue weighted by atomic mass is 79.9. The summed E-state index contributed by atoms with van der Waals surface area (Å²) < 4.78 is 0.951. The Balaban J connectivity index is 1.29. The van der Waals surface area contributed by atoms with Crippen LogP contribution in [0.15, 0.2) is 156 Å². The van der Waals surface area contributed by atoms with Crippen molar-refractivity contribution in [2.24, 2.45) is 0 Å². The average Bonchev–Trinajstić information content (AvgIpc) is 3.09. The number of rotatable bonds is 6. The zero-order chi connectivity index (χ0) is 29.0. The summed E-state index contributed by atoms with van der Waals surface area (Å²) in [6.07, 6.45) is 3.67. The van der Waals surface area contributed by atoms with E-state index in [-0.39, 0.29) is 0 Å². The maximum Gasteiger partial charge on any atom is 0.164 e. The van der Waals surface area contributed by atoms with Crippen molar-refractivity contribution in [1.29, 1.82) is 0 Å². The first kappa shape index (κ1) is 26.6. The summed E-state index contributed by atoms with van der Waals surface area (Å²) in [5, 5.41) is 0. The molecule has 2 aromatic heterocycles. The van der Waals surface area contributed by atoms with E-state index in [1.165, 1.54) is 5.56 Å². The van der Waals surface area contributed by atoms with E-state index >= 15 is 0 Å². The number of hydrogen-bond acceptors (Lipinski definition) is 4. The van der Waals surface area contributed by atoms with Gasteiger partial charge in [-0.15, -0.1) is 0 Å². The molecule has 5 heteroatoms. The van der Waals surface area contributed by atoms with Gasteiger partial charge < -0.3 is 0 Å². The second-order valence-corrected chi connectivity index (χ2v) is 11.1. The van der Waals surface area contributed by atoms with E-state index in [9.17, 15) is 0 Å². The molecule has 5 aromatic carbocycles. The van der Waals surface area contributed by atoms with Gasteiger partial charge in [-0.2, -0.15) is 0 Å². The van der Waals surface area contributed by atoms with Gasteiger partial charge in [0, 0.05) is 33.6 Å². The minimum absolute atomic E-state index is 0.616. The Morgan fingerprint density at radius 2 is 0.767 bits per heavy atom. The van der Waals surface area contributed by atoms with Gasteiger partial charge in [-0.05, 0) is 57.6 Å². The van der Waals surface area contributed by atoms with Crippen LogP contribution in [-0.4, -0.2) is 19.9 Å². The highest BCUT2D eigenvalue weighted by Gasteiger charge is 2.14. The lowest BCUT2D eigenvalue weighted by atomic mass is 9.99. The molecule has 0 amide bonds. The molecule has 7 aromatic rings. The molecule has 0 radical (unpaired) electrons. The first-order valence-corrected chi connectivity index (χ1v) is 14.8. The van der Waals surface area contributed by atoms with Gasteiger partial charge in [0.2, 0.25) is 0 Å². The van der Waals surface area contributed by atoms with Crippen molar-refractivity contribution in [3.8, 4) is 67.5 Å². The van der Waals surface area contributed by atoms with E-state index in [1.807, 2.05) is 48.7 Å². The Bertz CT molecular complexity index is 1990. The number of hydrogen-bond donors (Lipinski definition) is 0. The normalized spacial score (nSPS) is 10.9. The third-order valence-electron chi connectivity index (χ3n) is 7.29. The zero-order valence-electron chi connectivity index (χ0n) is 23.1. The van der Waals surface area contributed by atoms with E-state index in [2.05, 4.69) is 118 Å². The lowest BCUT2D eigenvalue weighted by Crippen LogP contribution is -2.00. The maximum absolute atomic E-state index is 4.98. The van der Waals surface area contributed by atoms with E-state index in [0.29, 0.717) is 17.5 Å². The molecule has 0 atom stereocenters. The highest BCUT2D eigenvalue weighted by Crippen LogP contribution is 2.32. The Morgan fingerprint density at radius 1 is 0.349 bits per heavy atom. The molecule has 0 fully saturated rings. The molecule has 204 valence electrons. The van der Waals surface area contributed by atoms with Crippen LogP contribution in [-0.2, 0) is 0 Å². The zero-order valence-corrected chi connectivity index (χ0v) is 24.7. The number of pyridine rings is 1. The van der Waals surface area contributed by atoms with Crippen LogP contribution in [0.2, 0.25) is 0 Å². The molecule has 0 aliphatic rings. The first-order chi connectivity index (χ1) is 21.2. The lowest BCUT2D eigenvalue weighted by molar-refractivity contribution is 1.07. The molecule has 0 bridgehead atoms. The van der Waals surface area contributed by atoms with Crippen LogP contribution in [0.1, 0.15) is 0 Å². The predicted octanol–water partition coefficient (Wildman–Crippen LogP) is 10.0. The predicted molar refractivity (Wildman–Crippen MR) is 178 cm³/mol. The molecule has 43 heavy (non-hydrogen) atoms. The van der Waals surface area contributed by atoms with Crippen LogP contribution < -0.4 is 0 Å². The average molecular weight is 618 g/mol. The number of halogens is 1. The van der Waals surface area contributed by atoms with Gasteiger partial charge in [-0.25, -0.2) is 15.0 Å². The Hall–Kier alpha value is -5.26. The molecule has 0 N–H and O–H groups in total. The van der Waals surface area contributed by atoms with Crippen molar-refractivity contribution < 1.29 is 0 Å². The fourth-order valence-corrected chi connectivity index (χ4v) is 5.56. The van der Waals surface area contributed by atoms with Crippen LogP contribution in [0.25, 0.3) is 67.5 Å². The van der Waals surface area contributed by atoms with Gasteiger partial charge in [-0.3, -0.25) is 4.98 Å². The van der Waals surface area contributed by atoms with Gasteiger partial charge >= 0.3 is 0 Å². The topological polar surface area (TPSA) is 51.6 Å². The molecule has 4 nitrogen and oxygen atoms in total. The molecule has 0 saturated carbocycles. The quantitative estimate of drug-likeness (QED) is 0.186. The first-order valence-electron chi connectivity index (χ1n) is 14.0. The van der Waals surface area contributed by atoms with Crippen LogP contribution in [0.3, 0.4) is 0 Å². The monoisotopic (exact) mass is 616 g/mol. The Morgan fingerprint density at radius 3 is 1.35 bits per heavy atom. The van der Waals surface area contributed by atoms with Gasteiger partial charge in [0.25, 0.3) is 0 Å². The van der Waals surface area contributed by atoms with Gasteiger partial charge in [-0.1, -0.05) is 131 Å². The third-order valence-corrected chi connectivity index (χ3v) is 7.74. The van der Waals surface area contributed by atoms with E-state index < -0.39 is 0 Å². The van der Waals surface area contributed by atoms with Crippen molar-refractivity contribution >= 4 is 15.9 Å². The SMILES string of the molecule is Brc1cc(-c2ccc(-c3cccnc3)cc2)cc(-c2nc(-c3ccccc3)nc(-c3ccc(-c4ccccc4)cc3)n2)c1. The van der Waals surface area contributed by atoms with Crippen molar-refractivity contribution in [1.82, 2.24) is 19.9 Å². The fraction of sp³-hybridized carbons (Fsp3) is 0. The maximum atomic E-state index is 4.98. The molecular weight excluding hydrogens is 592 g/mol. The van der Waals surface area contributed by atoms with Crippen molar-refractivity contribution in [2.45, 2.75) is 0 Å². The summed E-state index contributed by atoms with van der Waals surface area (Å²) >= 11 is 3.74. The molecule has 2 heterocycles. The lowest BCUT2D eigenvalue weighted by Gasteiger charge is -2.11. The molecule has 7 rings (SSSR count). The molecule has 0 spiro atoms. The van der Waals surface area contributed by atoms with Crippen molar-refractivity contribution in [2.75, 3.05) is 0 Å². The fourth-order valence-electron chi connectivity index (χ4n) is 5.07. The van der Waals surface area contributed by atoms with Crippen LogP contribution in [0, 0.1) is 0 Å². The number of nitrogens with zero attached hydrogens (tertiary/aromatic N) is 4. The second-order valence-electron chi connectivity index (χ2n) is 10.2. The minimum Gasteiger partial charge on any atom is -0.264 e. The van der Waals surface area contributed by atoms with Crippen molar-refractivity contribution in [3.05, 3.63) is 156 Å². The Labute approximate surface area is 259 Å². The van der Waals surface area contributed by atoms with E-state index in [4.69, 9.17) is 15.0 Å². The minimum atomic E-state index is 0.616. The van der Waals surface area contributed by atoms with Gasteiger partial charge in [0.05, 0.1) is 0 Å². The van der Waals surface area contributed by atoms with Gasteiger partial charge in [0.1, 0.15) is 0 Å². The van der Waals surface area contributed by atoms with Crippen LogP contribution in [0.5, 0.6) is 0 Å². The molecular formula is C38H25BrN4. The smallest absolute Gasteiger partial charge is 0.164 e.